The van der Waals surface area contributed by atoms with Crippen LogP contribution in [0.3, 0.4) is 0 Å². The molecule has 1 aromatic rings. The van der Waals surface area contributed by atoms with E-state index in [-0.39, 0.29) is 18.2 Å². The van der Waals surface area contributed by atoms with Crippen LogP contribution in [0.4, 0.5) is 13.2 Å². The van der Waals surface area contributed by atoms with Gasteiger partial charge in [-0.1, -0.05) is 6.92 Å². The van der Waals surface area contributed by atoms with Gasteiger partial charge in [0.1, 0.15) is 5.82 Å². The summed E-state index contributed by atoms with van der Waals surface area (Å²) in [5.41, 5.74) is 6.12. The van der Waals surface area contributed by atoms with Crippen molar-refractivity contribution < 1.29 is 13.2 Å². The first-order valence-electron chi connectivity index (χ1n) is 6.08. The predicted octanol–water partition coefficient (Wildman–Crippen LogP) is 2.27. The highest BCUT2D eigenvalue weighted by Gasteiger charge is 2.24. The van der Waals surface area contributed by atoms with Crippen molar-refractivity contribution in [2.45, 2.75) is 25.9 Å². The molecule has 5 heteroatoms. The largest absolute Gasteiger partial charge is 0.326 e. The van der Waals surface area contributed by atoms with E-state index in [2.05, 4.69) is 6.92 Å². The first-order valence-corrected chi connectivity index (χ1v) is 6.08. The van der Waals surface area contributed by atoms with Gasteiger partial charge in [-0.05, 0) is 24.9 Å². The Kier molecular flexibility index (Phi) is 3.92. The minimum absolute atomic E-state index is 0.0482. The molecule has 1 aliphatic heterocycles. The lowest BCUT2D eigenvalue weighted by Crippen LogP contribution is -2.47. The van der Waals surface area contributed by atoms with E-state index in [1.165, 1.54) is 0 Å². The van der Waals surface area contributed by atoms with Crippen LogP contribution in [0.25, 0.3) is 0 Å². The summed E-state index contributed by atoms with van der Waals surface area (Å²) in [4.78, 5) is 1.97. The lowest BCUT2D eigenvalue weighted by atomic mass is 9.94. The molecule has 1 fully saturated rings. The molecular formula is C13H17F3N2. The average molecular weight is 258 g/mol. The molecule has 2 N–H and O–H groups in total. The lowest BCUT2D eigenvalue weighted by molar-refractivity contribution is 0.160. The second-order valence-electron chi connectivity index (χ2n) is 5.02. The van der Waals surface area contributed by atoms with Gasteiger partial charge < -0.3 is 5.73 Å². The minimum Gasteiger partial charge on any atom is -0.326 e. The van der Waals surface area contributed by atoms with Gasteiger partial charge in [-0.25, -0.2) is 13.2 Å². The lowest BCUT2D eigenvalue weighted by Gasteiger charge is -2.35. The second kappa shape index (κ2) is 5.28. The Balaban J connectivity index is 2.08. The van der Waals surface area contributed by atoms with Gasteiger partial charge in [0.15, 0.2) is 11.6 Å². The molecule has 1 aliphatic rings. The zero-order valence-electron chi connectivity index (χ0n) is 10.3. The SMILES string of the molecule is CC1CCN(Cc2cc(F)c(F)cc2F)CC1N. The normalized spacial score (nSPS) is 25.4. The van der Waals surface area contributed by atoms with Crippen LogP contribution in [0.15, 0.2) is 12.1 Å². The van der Waals surface area contributed by atoms with Gasteiger partial charge in [0.05, 0.1) is 0 Å². The number of nitrogens with two attached hydrogens (primary N) is 1. The number of hydrogen-bond acceptors (Lipinski definition) is 2. The Hall–Kier alpha value is -1.07. The third-order valence-corrected chi connectivity index (χ3v) is 3.58. The molecule has 100 valence electrons. The zero-order chi connectivity index (χ0) is 13.3. The van der Waals surface area contributed by atoms with Crippen molar-refractivity contribution in [2.24, 2.45) is 11.7 Å². The topological polar surface area (TPSA) is 29.3 Å². The van der Waals surface area contributed by atoms with Crippen molar-refractivity contribution >= 4 is 0 Å². The maximum atomic E-state index is 13.5. The maximum Gasteiger partial charge on any atom is 0.161 e. The summed E-state index contributed by atoms with van der Waals surface area (Å²) in [6.45, 7) is 3.80. The Morgan fingerprint density at radius 1 is 1.22 bits per heavy atom. The molecule has 0 aromatic heterocycles. The highest BCUT2D eigenvalue weighted by molar-refractivity contribution is 5.20. The van der Waals surface area contributed by atoms with Crippen LogP contribution in [0.2, 0.25) is 0 Å². The van der Waals surface area contributed by atoms with Crippen molar-refractivity contribution in [1.29, 1.82) is 0 Å². The van der Waals surface area contributed by atoms with Crippen LogP contribution in [0.1, 0.15) is 18.9 Å². The van der Waals surface area contributed by atoms with E-state index in [0.717, 1.165) is 19.0 Å². The number of benzene rings is 1. The molecule has 1 saturated heterocycles. The maximum absolute atomic E-state index is 13.5. The smallest absolute Gasteiger partial charge is 0.161 e. The summed E-state index contributed by atoms with van der Waals surface area (Å²) < 4.78 is 39.4. The van der Waals surface area contributed by atoms with Crippen LogP contribution < -0.4 is 5.73 Å². The van der Waals surface area contributed by atoms with Crippen molar-refractivity contribution in [2.75, 3.05) is 13.1 Å². The monoisotopic (exact) mass is 258 g/mol. The third-order valence-electron chi connectivity index (χ3n) is 3.58. The van der Waals surface area contributed by atoms with Gasteiger partial charge >= 0.3 is 0 Å². The van der Waals surface area contributed by atoms with Gasteiger partial charge in [-0.3, -0.25) is 4.90 Å². The van der Waals surface area contributed by atoms with Gasteiger partial charge in [-0.15, -0.1) is 0 Å². The molecule has 18 heavy (non-hydrogen) atoms. The summed E-state index contributed by atoms with van der Waals surface area (Å²) in [6, 6.07) is 1.57. The summed E-state index contributed by atoms with van der Waals surface area (Å²) in [5, 5.41) is 0. The van der Waals surface area contributed by atoms with Gasteiger partial charge in [0.2, 0.25) is 0 Å². The van der Waals surface area contributed by atoms with Crippen molar-refractivity contribution in [1.82, 2.24) is 4.90 Å². The molecular weight excluding hydrogens is 241 g/mol. The fraction of sp³-hybridized carbons (Fsp3) is 0.538. The van der Waals surface area contributed by atoms with E-state index < -0.39 is 17.5 Å². The first kappa shape index (κ1) is 13.4. The summed E-state index contributed by atoms with van der Waals surface area (Å²) >= 11 is 0. The molecule has 0 bridgehead atoms. The fourth-order valence-electron chi connectivity index (χ4n) is 2.24. The molecule has 0 saturated carbocycles. The molecule has 1 aromatic carbocycles. The molecule has 2 nitrogen and oxygen atoms in total. The van der Waals surface area contributed by atoms with E-state index in [1.807, 2.05) is 4.90 Å². The van der Waals surface area contributed by atoms with E-state index in [1.54, 1.807) is 0 Å². The van der Waals surface area contributed by atoms with Gasteiger partial charge in [0, 0.05) is 30.8 Å². The fourth-order valence-corrected chi connectivity index (χ4v) is 2.24. The second-order valence-corrected chi connectivity index (χ2v) is 5.02. The molecule has 0 aliphatic carbocycles. The zero-order valence-corrected chi connectivity index (χ0v) is 10.3. The van der Waals surface area contributed by atoms with Crippen molar-refractivity contribution in [3.63, 3.8) is 0 Å². The van der Waals surface area contributed by atoms with Gasteiger partial charge in [0.25, 0.3) is 0 Å². The molecule has 2 atom stereocenters. The highest BCUT2D eigenvalue weighted by Crippen LogP contribution is 2.20. The molecule has 2 rings (SSSR count). The number of piperidine rings is 1. The van der Waals surface area contributed by atoms with Crippen LogP contribution in [-0.2, 0) is 6.54 Å². The molecule has 0 spiro atoms. The van der Waals surface area contributed by atoms with E-state index in [4.69, 9.17) is 5.73 Å². The van der Waals surface area contributed by atoms with Crippen LogP contribution in [-0.4, -0.2) is 24.0 Å². The van der Waals surface area contributed by atoms with Crippen LogP contribution in [0.5, 0.6) is 0 Å². The molecule has 0 radical (unpaired) electrons. The van der Waals surface area contributed by atoms with E-state index >= 15 is 0 Å². The number of halogens is 3. The van der Waals surface area contributed by atoms with E-state index in [0.29, 0.717) is 18.5 Å². The summed E-state index contributed by atoms with van der Waals surface area (Å²) in [5.74, 6) is -2.43. The summed E-state index contributed by atoms with van der Waals surface area (Å²) in [7, 11) is 0. The summed E-state index contributed by atoms with van der Waals surface area (Å²) in [6.07, 6.45) is 0.937. The molecule has 1 heterocycles. The third kappa shape index (κ3) is 2.84. The molecule has 0 amide bonds. The average Bonchev–Trinajstić information content (AvgIpc) is 2.31. The Bertz CT molecular complexity index is 436. The standard InChI is InChI=1S/C13H17F3N2/c1-8-2-3-18(7-13(8)17)6-9-4-11(15)12(16)5-10(9)14/h4-5,8,13H,2-3,6-7,17H2,1H3. The number of rotatable bonds is 2. The first-order chi connectivity index (χ1) is 8.47. The Labute approximate surface area is 105 Å². The van der Waals surface area contributed by atoms with Crippen LogP contribution >= 0.6 is 0 Å². The van der Waals surface area contributed by atoms with E-state index in [9.17, 15) is 13.2 Å². The Morgan fingerprint density at radius 2 is 1.89 bits per heavy atom. The van der Waals surface area contributed by atoms with Crippen molar-refractivity contribution in [3.8, 4) is 0 Å². The molecule has 2 unspecified atom stereocenters. The minimum atomic E-state index is -1.15. The highest BCUT2D eigenvalue weighted by atomic mass is 19.2. The van der Waals surface area contributed by atoms with Gasteiger partial charge in [-0.2, -0.15) is 0 Å². The number of nitrogens with zero attached hydrogens (tertiary/aromatic N) is 1. The number of hydrogen-bond donors (Lipinski definition) is 1. The van der Waals surface area contributed by atoms with Crippen molar-refractivity contribution in [3.05, 3.63) is 35.1 Å². The van der Waals surface area contributed by atoms with Crippen LogP contribution in [0, 0.1) is 23.4 Å². The number of likely N-dealkylation sites (tertiary alicyclic amines) is 1. The predicted molar refractivity (Wildman–Crippen MR) is 63.3 cm³/mol. The quantitative estimate of drug-likeness (QED) is 0.825. The Morgan fingerprint density at radius 3 is 2.56 bits per heavy atom.